The number of nitro groups is 1. The van der Waals surface area contributed by atoms with Gasteiger partial charge in [0.25, 0.3) is 17.8 Å². The average Bonchev–Trinajstić information content (AvgIpc) is 3.58. The van der Waals surface area contributed by atoms with Crippen LogP contribution in [0.4, 0.5) is 5.82 Å². The number of hydrogen-bond acceptors (Lipinski definition) is 11. The quantitative estimate of drug-likeness (QED) is 0.0448. The highest BCUT2D eigenvalue weighted by Gasteiger charge is 2.27. The SMILES string of the molecule is CC(=O)O.CC(=O)[O-].Cc1cccc2nc3cccc(C(=O)NCCC[N+](C)(CCCNC(=O)c4cccc5nc6cccc(C)c6nc45)Cc4ccc([N+](=O)[O-])n4C)c3nc12. The summed E-state index contributed by atoms with van der Waals surface area (Å²) in [4.78, 5) is 75.1. The minimum absolute atomic E-state index is 0.0263. The molecule has 3 N–H and O–H groups in total. The number of para-hydroxylation sites is 4. The number of nitrogens with one attached hydrogen (secondary N) is 2. The summed E-state index contributed by atoms with van der Waals surface area (Å²) in [5.41, 5.74) is 9.28. The van der Waals surface area contributed by atoms with E-state index in [1.165, 1.54) is 6.07 Å². The summed E-state index contributed by atoms with van der Waals surface area (Å²) < 4.78 is 2.15. The van der Waals surface area contributed by atoms with Crippen molar-refractivity contribution in [3.8, 4) is 0 Å². The number of aromatic nitrogens is 5. The fourth-order valence-corrected chi connectivity index (χ4v) is 7.15. The lowest BCUT2D eigenvalue weighted by Gasteiger charge is -2.34. The molecule has 0 aliphatic rings. The Hall–Kier alpha value is -7.40. The van der Waals surface area contributed by atoms with Crippen LogP contribution in [0.1, 0.15) is 64.2 Å². The van der Waals surface area contributed by atoms with Gasteiger partial charge in [0, 0.05) is 44.9 Å². The number of carbonyl (C=O) groups is 4. The van der Waals surface area contributed by atoms with Gasteiger partial charge in [-0.25, -0.2) is 24.5 Å². The third-order valence-electron chi connectivity index (χ3n) is 10.1. The van der Waals surface area contributed by atoms with Crippen molar-refractivity contribution in [1.82, 2.24) is 35.1 Å². The third kappa shape index (κ3) is 11.4. The van der Waals surface area contributed by atoms with E-state index in [1.807, 2.05) is 74.5 Å². The average molecular weight is 844 g/mol. The van der Waals surface area contributed by atoms with Crippen molar-refractivity contribution in [2.24, 2.45) is 7.05 Å². The monoisotopic (exact) mass is 843 g/mol. The minimum Gasteiger partial charge on any atom is -0.550 e. The number of carboxylic acids is 2. The third-order valence-corrected chi connectivity index (χ3v) is 10.1. The van der Waals surface area contributed by atoms with Crippen molar-refractivity contribution >= 4 is 73.7 Å². The zero-order chi connectivity index (χ0) is 45.1. The predicted molar refractivity (Wildman–Crippen MR) is 233 cm³/mol. The normalized spacial score (nSPS) is 11.1. The molecule has 0 radical (unpaired) electrons. The molecule has 17 nitrogen and oxygen atoms in total. The Morgan fingerprint density at radius 1 is 0.677 bits per heavy atom. The van der Waals surface area contributed by atoms with Crippen LogP contribution in [-0.2, 0) is 23.2 Å². The van der Waals surface area contributed by atoms with Gasteiger partial charge in [0.05, 0.1) is 71.4 Å². The van der Waals surface area contributed by atoms with Gasteiger partial charge in [0.1, 0.15) is 17.6 Å². The molecule has 17 heteroatoms. The summed E-state index contributed by atoms with van der Waals surface area (Å²) in [5.74, 6) is -2.34. The number of rotatable bonds is 13. The van der Waals surface area contributed by atoms with Gasteiger partial charge in [-0.1, -0.05) is 36.4 Å². The Morgan fingerprint density at radius 2 is 1.06 bits per heavy atom. The largest absolute Gasteiger partial charge is 0.550 e. The molecule has 0 fully saturated rings. The van der Waals surface area contributed by atoms with Crippen molar-refractivity contribution in [3.05, 3.63) is 123 Å². The van der Waals surface area contributed by atoms with Crippen molar-refractivity contribution in [1.29, 1.82) is 0 Å². The van der Waals surface area contributed by atoms with Gasteiger partial charge in [-0.3, -0.25) is 14.4 Å². The molecule has 0 unspecified atom stereocenters. The molecule has 7 aromatic rings. The number of amides is 2. The van der Waals surface area contributed by atoms with E-state index in [2.05, 4.69) is 17.7 Å². The number of fused-ring (bicyclic) bond motifs is 4. The van der Waals surface area contributed by atoms with E-state index in [0.717, 1.165) is 52.7 Å². The summed E-state index contributed by atoms with van der Waals surface area (Å²) in [6.45, 7) is 8.74. The van der Waals surface area contributed by atoms with E-state index < -0.39 is 11.9 Å². The zero-order valence-electron chi connectivity index (χ0n) is 35.5. The molecule has 322 valence electrons. The molecule has 2 amide bonds. The second-order valence-electron chi connectivity index (χ2n) is 15.1. The molecular weight excluding hydrogens is 795 g/mol. The first kappa shape index (κ1) is 45.7. The Bertz CT molecular complexity index is 2640. The van der Waals surface area contributed by atoms with Gasteiger partial charge in [-0.2, -0.15) is 0 Å². The molecule has 3 aromatic heterocycles. The van der Waals surface area contributed by atoms with Crippen LogP contribution in [0.15, 0.2) is 84.9 Å². The maximum atomic E-state index is 13.5. The maximum Gasteiger partial charge on any atom is 0.323 e. The summed E-state index contributed by atoms with van der Waals surface area (Å²) in [6.07, 6.45) is 1.31. The topological polar surface area (TPSA) is 235 Å². The highest BCUT2D eigenvalue weighted by Crippen LogP contribution is 2.24. The molecule has 0 saturated carbocycles. The van der Waals surface area contributed by atoms with Crippen molar-refractivity contribution < 1.29 is 38.8 Å². The van der Waals surface area contributed by atoms with Crippen molar-refractivity contribution in [2.45, 2.75) is 47.1 Å². The van der Waals surface area contributed by atoms with Gasteiger partial charge < -0.3 is 40.2 Å². The molecule has 7 rings (SSSR count). The van der Waals surface area contributed by atoms with E-state index in [0.29, 0.717) is 83.2 Å². The number of nitrogens with zero attached hydrogens (tertiary/aromatic N) is 7. The number of aliphatic carboxylic acids is 2. The van der Waals surface area contributed by atoms with Crippen LogP contribution in [-0.4, -0.2) is 96.0 Å². The summed E-state index contributed by atoms with van der Waals surface area (Å²) in [5, 5.41) is 34.0. The molecule has 3 heterocycles. The molecule has 0 bridgehead atoms. The van der Waals surface area contributed by atoms with Crippen LogP contribution in [0.5, 0.6) is 0 Å². The summed E-state index contributed by atoms with van der Waals surface area (Å²) in [6, 6.07) is 25.9. The van der Waals surface area contributed by atoms with E-state index in [-0.39, 0.29) is 22.6 Å². The molecule has 4 aromatic carbocycles. The summed E-state index contributed by atoms with van der Waals surface area (Å²) in [7, 11) is 3.80. The van der Waals surface area contributed by atoms with Gasteiger partial charge >= 0.3 is 5.82 Å². The highest BCUT2D eigenvalue weighted by molar-refractivity contribution is 6.07. The first-order chi connectivity index (χ1) is 29.5. The van der Waals surface area contributed by atoms with Crippen LogP contribution in [0.25, 0.3) is 44.1 Å². The second-order valence-corrected chi connectivity index (χ2v) is 15.1. The first-order valence-corrected chi connectivity index (χ1v) is 19.9. The number of hydrogen-bond donors (Lipinski definition) is 3. The van der Waals surface area contributed by atoms with Crippen LogP contribution in [0.3, 0.4) is 0 Å². The summed E-state index contributed by atoms with van der Waals surface area (Å²) >= 11 is 0. The zero-order valence-corrected chi connectivity index (χ0v) is 35.5. The Morgan fingerprint density at radius 3 is 1.45 bits per heavy atom. The fraction of sp³-hybridized carbons (Fsp3) is 0.289. The van der Waals surface area contributed by atoms with Crippen molar-refractivity contribution in [3.63, 3.8) is 0 Å². The lowest BCUT2D eigenvalue weighted by Crippen LogP contribution is -2.47. The first-order valence-electron chi connectivity index (χ1n) is 19.9. The van der Waals surface area contributed by atoms with E-state index >= 15 is 0 Å². The smallest absolute Gasteiger partial charge is 0.323 e. The molecule has 0 saturated heterocycles. The molecular formula is C45H49N9O8. The van der Waals surface area contributed by atoms with E-state index in [9.17, 15) is 19.7 Å². The maximum absolute atomic E-state index is 13.5. The van der Waals surface area contributed by atoms with Crippen LogP contribution in [0, 0.1) is 24.0 Å². The fourth-order valence-electron chi connectivity index (χ4n) is 7.15. The van der Waals surface area contributed by atoms with Gasteiger partial charge in [0.15, 0.2) is 5.69 Å². The van der Waals surface area contributed by atoms with Crippen LogP contribution < -0.4 is 15.7 Å². The number of benzene rings is 4. The molecule has 0 aliphatic carbocycles. The van der Waals surface area contributed by atoms with Crippen molar-refractivity contribution in [2.75, 3.05) is 33.2 Å². The lowest BCUT2D eigenvalue weighted by atomic mass is 10.1. The Kier molecular flexibility index (Phi) is 14.9. The van der Waals surface area contributed by atoms with Crippen LogP contribution in [0.2, 0.25) is 0 Å². The number of carbonyl (C=O) groups excluding carboxylic acids is 3. The highest BCUT2D eigenvalue weighted by atomic mass is 16.6. The second kappa shape index (κ2) is 20.2. The standard InChI is InChI=1S/C41H41N9O4.2C2H4O2/c1-26-11-5-15-31-36(26)46-38-29(13-7-17-33(38)44-31)40(51)42-21-9-23-50(4,25-28-19-20-35(48(28)3)49(53)54)24-10-22-43-41(52)30-14-8-18-34-39(30)47-37-27(2)12-6-16-32(37)45-34;2*1-2(3)4/h5-8,11-20H,9-10,21-25H2,1-4H3,(H-,42,43,51,52);2*1H3,(H,3,4). The molecule has 0 spiro atoms. The van der Waals surface area contributed by atoms with Gasteiger partial charge in [0.2, 0.25) is 0 Å². The van der Waals surface area contributed by atoms with Crippen LogP contribution >= 0.6 is 0 Å². The number of quaternary nitrogens is 1. The lowest BCUT2D eigenvalue weighted by molar-refractivity contribution is -0.923. The minimum atomic E-state index is -1.08. The Labute approximate surface area is 357 Å². The molecule has 62 heavy (non-hydrogen) atoms. The number of carboxylic acid groups (broad SMARTS) is 2. The predicted octanol–water partition coefficient (Wildman–Crippen LogP) is 5.18. The Balaban J connectivity index is 0.000000836. The molecule has 0 aliphatic heterocycles. The van der Waals surface area contributed by atoms with Gasteiger partial charge in [-0.15, -0.1) is 0 Å². The molecule has 0 atom stereocenters. The van der Waals surface area contributed by atoms with E-state index in [1.54, 1.807) is 29.8 Å². The van der Waals surface area contributed by atoms with E-state index in [4.69, 9.17) is 39.7 Å². The van der Waals surface area contributed by atoms with Gasteiger partial charge in [-0.05, 0) is 79.3 Å². The number of aryl methyl sites for hydroxylation is 2.